The lowest BCUT2D eigenvalue weighted by atomic mass is 9.83. The zero-order chi connectivity index (χ0) is 16.1. The van der Waals surface area contributed by atoms with Gasteiger partial charge >= 0.3 is 0 Å². The first-order valence-electron chi connectivity index (χ1n) is 8.86. The van der Waals surface area contributed by atoms with E-state index in [0.717, 1.165) is 35.3 Å². The number of piperidine rings is 3. The number of pyridine rings is 1. The summed E-state index contributed by atoms with van der Waals surface area (Å²) in [7, 11) is 0. The number of hydrogen-bond donors (Lipinski definition) is 0. The van der Waals surface area contributed by atoms with Gasteiger partial charge in [0, 0.05) is 37.1 Å². The molecule has 1 aromatic heterocycles. The van der Waals surface area contributed by atoms with E-state index < -0.39 is 0 Å². The number of amides is 1. The molecule has 0 radical (unpaired) electrons. The van der Waals surface area contributed by atoms with E-state index in [-0.39, 0.29) is 5.91 Å². The van der Waals surface area contributed by atoms with Gasteiger partial charge < -0.3 is 9.80 Å². The highest BCUT2D eigenvalue weighted by molar-refractivity contribution is 5.99. The van der Waals surface area contributed by atoms with Crippen LogP contribution in [-0.2, 0) is 6.54 Å². The minimum Gasteiger partial charge on any atom is -0.330 e. The first kappa shape index (κ1) is 14.2. The fourth-order valence-corrected chi connectivity index (χ4v) is 4.61. The molecule has 2 aromatic rings. The van der Waals surface area contributed by atoms with E-state index in [4.69, 9.17) is 0 Å². The first-order valence-corrected chi connectivity index (χ1v) is 8.86. The Morgan fingerprint density at radius 3 is 2.67 bits per heavy atom. The summed E-state index contributed by atoms with van der Waals surface area (Å²) in [6.45, 7) is 4.24. The maximum atomic E-state index is 12.9. The quantitative estimate of drug-likeness (QED) is 0.854. The summed E-state index contributed by atoms with van der Waals surface area (Å²) in [4.78, 5) is 21.8. The number of benzene rings is 1. The van der Waals surface area contributed by atoms with Crippen molar-refractivity contribution in [3.63, 3.8) is 0 Å². The smallest absolute Gasteiger partial charge is 0.254 e. The Morgan fingerprint density at radius 2 is 1.96 bits per heavy atom. The number of rotatable bonds is 2. The number of carbonyl (C=O) groups excluding carboxylic acids is 1. The van der Waals surface area contributed by atoms with E-state index in [2.05, 4.69) is 26.9 Å². The molecule has 1 atom stereocenters. The molecule has 1 amide bonds. The summed E-state index contributed by atoms with van der Waals surface area (Å²) >= 11 is 0. The second kappa shape index (κ2) is 5.42. The molecule has 4 heteroatoms. The maximum Gasteiger partial charge on any atom is 0.254 e. The van der Waals surface area contributed by atoms with Gasteiger partial charge in [-0.15, -0.1) is 0 Å². The molecule has 0 N–H and O–H groups in total. The molecule has 3 saturated heterocycles. The molecule has 0 aliphatic carbocycles. The van der Waals surface area contributed by atoms with Crippen LogP contribution >= 0.6 is 0 Å². The zero-order valence-electron chi connectivity index (χ0n) is 13.7. The van der Waals surface area contributed by atoms with E-state index in [1.54, 1.807) is 6.20 Å². The Labute approximate surface area is 142 Å². The van der Waals surface area contributed by atoms with E-state index in [0.29, 0.717) is 12.0 Å². The number of aromatic nitrogens is 1. The minimum absolute atomic E-state index is 0.224. The van der Waals surface area contributed by atoms with Crippen LogP contribution in [0.15, 0.2) is 42.7 Å². The van der Waals surface area contributed by atoms with E-state index in [1.807, 2.05) is 24.4 Å². The lowest BCUT2D eigenvalue weighted by molar-refractivity contribution is 0.00846. The van der Waals surface area contributed by atoms with Crippen molar-refractivity contribution in [3.8, 4) is 11.1 Å². The Bertz CT molecular complexity index is 781. The average molecular weight is 319 g/mol. The molecule has 0 spiro atoms. The molecular weight excluding hydrogens is 298 g/mol. The summed E-state index contributed by atoms with van der Waals surface area (Å²) in [5.74, 6) is 0.910. The Morgan fingerprint density at radius 1 is 1.08 bits per heavy atom. The monoisotopic (exact) mass is 319 g/mol. The largest absolute Gasteiger partial charge is 0.330 e. The third kappa shape index (κ3) is 2.17. The van der Waals surface area contributed by atoms with Crippen molar-refractivity contribution < 1.29 is 4.79 Å². The molecule has 4 nitrogen and oxygen atoms in total. The van der Waals surface area contributed by atoms with Crippen molar-refractivity contribution in [1.82, 2.24) is 14.8 Å². The third-order valence-corrected chi connectivity index (χ3v) is 5.95. The predicted molar refractivity (Wildman–Crippen MR) is 92.5 cm³/mol. The Hall–Kier alpha value is -2.20. The molecule has 4 aliphatic rings. The molecular formula is C20H21N3O. The van der Waals surface area contributed by atoms with Gasteiger partial charge in [-0.1, -0.05) is 12.1 Å². The van der Waals surface area contributed by atoms with Crippen molar-refractivity contribution in [2.45, 2.75) is 25.4 Å². The molecule has 0 saturated carbocycles. The predicted octanol–water partition coefficient (Wildman–Crippen LogP) is 2.80. The fourth-order valence-electron chi connectivity index (χ4n) is 4.61. The number of carbonyl (C=O) groups is 1. The second-order valence-electron chi connectivity index (χ2n) is 7.25. The summed E-state index contributed by atoms with van der Waals surface area (Å²) in [5.41, 5.74) is 4.30. The van der Waals surface area contributed by atoms with Crippen LogP contribution in [0.25, 0.3) is 11.1 Å². The van der Waals surface area contributed by atoms with E-state index in [1.165, 1.54) is 25.9 Å². The summed E-state index contributed by atoms with van der Waals surface area (Å²) in [6.07, 6.45) is 6.15. The van der Waals surface area contributed by atoms with Gasteiger partial charge in [-0.05, 0) is 66.7 Å². The molecule has 24 heavy (non-hydrogen) atoms. The lowest BCUT2D eigenvalue weighted by Crippen LogP contribution is -2.57. The third-order valence-electron chi connectivity index (χ3n) is 5.95. The van der Waals surface area contributed by atoms with Gasteiger partial charge in [-0.25, -0.2) is 0 Å². The summed E-state index contributed by atoms with van der Waals surface area (Å²) < 4.78 is 0. The summed E-state index contributed by atoms with van der Waals surface area (Å²) in [6, 6.07) is 10.6. The van der Waals surface area contributed by atoms with Crippen molar-refractivity contribution in [3.05, 3.63) is 53.9 Å². The van der Waals surface area contributed by atoms with Crippen LogP contribution in [0, 0.1) is 5.92 Å². The van der Waals surface area contributed by atoms with Gasteiger partial charge in [0.2, 0.25) is 0 Å². The average Bonchev–Trinajstić information content (AvgIpc) is 2.99. The zero-order valence-corrected chi connectivity index (χ0v) is 13.7. The Kier molecular flexibility index (Phi) is 3.20. The highest BCUT2D eigenvalue weighted by Crippen LogP contribution is 2.36. The fraction of sp³-hybridized carbons (Fsp3) is 0.400. The first-order chi connectivity index (χ1) is 11.8. The van der Waals surface area contributed by atoms with Gasteiger partial charge in [0.1, 0.15) is 0 Å². The maximum absolute atomic E-state index is 12.9. The van der Waals surface area contributed by atoms with Gasteiger partial charge in [0.15, 0.2) is 0 Å². The van der Waals surface area contributed by atoms with Crippen LogP contribution in [0.4, 0.5) is 0 Å². The minimum atomic E-state index is 0.224. The van der Waals surface area contributed by atoms with Crippen molar-refractivity contribution in [2.24, 2.45) is 5.92 Å². The van der Waals surface area contributed by atoms with Gasteiger partial charge in [0.05, 0.1) is 0 Å². The molecule has 1 aromatic carbocycles. The standard InChI is InChI=1S/C20H21N3O/c24-20-18-4-3-15(16-2-1-7-21-11-16)10-17(18)12-23(20)19-13-22-8-5-14(19)6-9-22/h1-4,7,10-11,14,19H,5-6,8-9,12-13H2. The van der Waals surface area contributed by atoms with Crippen LogP contribution in [0.1, 0.15) is 28.8 Å². The molecule has 6 rings (SSSR count). The SMILES string of the molecule is O=C1c2ccc(-c3cccnc3)cc2CN1C1CN2CCC1CC2. The molecule has 122 valence electrons. The van der Waals surface area contributed by atoms with Crippen molar-refractivity contribution in [1.29, 1.82) is 0 Å². The molecule has 5 heterocycles. The van der Waals surface area contributed by atoms with Gasteiger partial charge in [-0.3, -0.25) is 9.78 Å². The van der Waals surface area contributed by atoms with Crippen molar-refractivity contribution in [2.75, 3.05) is 19.6 Å². The van der Waals surface area contributed by atoms with Crippen molar-refractivity contribution >= 4 is 5.91 Å². The molecule has 1 unspecified atom stereocenters. The number of hydrogen-bond acceptors (Lipinski definition) is 3. The highest BCUT2D eigenvalue weighted by Gasteiger charge is 2.42. The van der Waals surface area contributed by atoms with Crippen LogP contribution in [0.2, 0.25) is 0 Å². The van der Waals surface area contributed by atoms with Crippen LogP contribution in [0.5, 0.6) is 0 Å². The normalized spacial score (nSPS) is 28.2. The molecule has 3 fully saturated rings. The van der Waals surface area contributed by atoms with E-state index >= 15 is 0 Å². The highest BCUT2D eigenvalue weighted by atomic mass is 16.2. The van der Waals surface area contributed by atoms with Crippen LogP contribution in [-0.4, -0.2) is 46.4 Å². The summed E-state index contributed by atoms with van der Waals surface area (Å²) in [5, 5.41) is 0. The van der Waals surface area contributed by atoms with Gasteiger partial charge in [0.25, 0.3) is 5.91 Å². The second-order valence-corrected chi connectivity index (χ2v) is 7.25. The van der Waals surface area contributed by atoms with E-state index in [9.17, 15) is 4.79 Å². The van der Waals surface area contributed by atoms with Gasteiger partial charge in [-0.2, -0.15) is 0 Å². The number of fused-ring (bicyclic) bond motifs is 4. The van der Waals surface area contributed by atoms with Crippen LogP contribution < -0.4 is 0 Å². The molecule has 4 aliphatic heterocycles. The molecule has 2 bridgehead atoms. The number of nitrogens with zero attached hydrogens (tertiary/aromatic N) is 3. The Balaban J connectivity index is 1.45. The lowest BCUT2D eigenvalue weighted by Gasteiger charge is -2.48. The van der Waals surface area contributed by atoms with Crippen LogP contribution in [0.3, 0.4) is 0 Å². The topological polar surface area (TPSA) is 36.4 Å².